The first kappa shape index (κ1) is 16.5. The van der Waals surface area contributed by atoms with Crippen LogP contribution in [0.4, 0.5) is 0 Å². The summed E-state index contributed by atoms with van der Waals surface area (Å²) >= 11 is 1.25. The maximum Gasteiger partial charge on any atom is 0.355 e. The van der Waals surface area contributed by atoms with Crippen LogP contribution in [0.5, 0.6) is 0 Å². The van der Waals surface area contributed by atoms with Crippen molar-refractivity contribution < 1.29 is 14.6 Å². The van der Waals surface area contributed by atoms with Crippen molar-refractivity contribution >= 4 is 23.1 Å². The fraction of sp³-hybridized carbons (Fsp3) is 0.211. The lowest BCUT2D eigenvalue weighted by molar-refractivity contribution is 0.0691. The highest BCUT2D eigenvalue weighted by Gasteiger charge is 2.24. The van der Waals surface area contributed by atoms with Gasteiger partial charge in [0.05, 0.1) is 12.3 Å². The van der Waals surface area contributed by atoms with Gasteiger partial charge < -0.3 is 9.84 Å². The number of aromatic nitrogens is 3. The number of aromatic carboxylic acids is 1. The monoisotopic (exact) mass is 367 g/mol. The van der Waals surface area contributed by atoms with Crippen molar-refractivity contribution in [2.24, 2.45) is 0 Å². The molecule has 0 bridgehead atoms. The van der Waals surface area contributed by atoms with E-state index in [1.165, 1.54) is 16.7 Å². The Balaban J connectivity index is 1.90. The van der Waals surface area contributed by atoms with Crippen LogP contribution in [0.1, 0.15) is 34.6 Å². The van der Waals surface area contributed by atoms with E-state index < -0.39 is 5.97 Å². The van der Waals surface area contributed by atoms with Crippen molar-refractivity contribution in [3.05, 3.63) is 58.7 Å². The minimum Gasteiger partial charge on any atom is -0.492 e. The molecule has 1 aliphatic rings. The standard InChI is InChI=1S/C19H17N3O3S/c1-12-16(13-7-3-2-4-8-13)21-22(17(12)15-9-5-6-10-25-15)19-20-14(11-26-19)18(23)24/h2-4,7-9,11H,5-6,10H2,1H3,(H,23,24). The van der Waals surface area contributed by atoms with E-state index in [9.17, 15) is 9.90 Å². The SMILES string of the molecule is Cc1c(-c2ccccc2)nn(-c2nc(C(=O)O)cs2)c1C1=CCCCO1. The Hall–Kier alpha value is -2.93. The van der Waals surface area contributed by atoms with Gasteiger partial charge in [-0.15, -0.1) is 11.3 Å². The number of allylic oxidation sites excluding steroid dienone is 1. The van der Waals surface area contributed by atoms with E-state index in [1.807, 2.05) is 37.3 Å². The Bertz CT molecular complexity index is 989. The van der Waals surface area contributed by atoms with Crippen LogP contribution >= 0.6 is 11.3 Å². The lowest BCUT2D eigenvalue weighted by Crippen LogP contribution is -2.08. The molecule has 3 heterocycles. The number of ether oxygens (including phenoxy) is 1. The molecule has 0 spiro atoms. The fourth-order valence-electron chi connectivity index (χ4n) is 2.98. The zero-order valence-electron chi connectivity index (χ0n) is 14.2. The molecular weight excluding hydrogens is 350 g/mol. The quantitative estimate of drug-likeness (QED) is 0.749. The minimum absolute atomic E-state index is 0.0175. The van der Waals surface area contributed by atoms with Gasteiger partial charge in [0, 0.05) is 16.5 Å². The van der Waals surface area contributed by atoms with Crippen molar-refractivity contribution in [3.63, 3.8) is 0 Å². The van der Waals surface area contributed by atoms with Gasteiger partial charge in [-0.1, -0.05) is 30.3 Å². The number of nitrogens with zero attached hydrogens (tertiary/aromatic N) is 3. The highest BCUT2D eigenvalue weighted by molar-refractivity contribution is 7.12. The summed E-state index contributed by atoms with van der Waals surface area (Å²) in [4.78, 5) is 15.4. The Labute approximate surface area is 154 Å². The molecule has 0 radical (unpaired) electrons. The van der Waals surface area contributed by atoms with Crippen molar-refractivity contribution in [1.29, 1.82) is 0 Å². The molecule has 0 fully saturated rings. The summed E-state index contributed by atoms with van der Waals surface area (Å²) in [7, 11) is 0. The molecule has 26 heavy (non-hydrogen) atoms. The number of thiazole rings is 1. The van der Waals surface area contributed by atoms with E-state index in [-0.39, 0.29) is 5.69 Å². The molecule has 4 rings (SSSR count). The van der Waals surface area contributed by atoms with E-state index in [2.05, 4.69) is 11.1 Å². The average molecular weight is 367 g/mol. The Morgan fingerprint density at radius 2 is 2.12 bits per heavy atom. The highest BCUT2D eigenvalue weighted by atomic mass is 32.1. The lowest BCUT2D eigenvalue weighted by atomic mass is 10.1. The number of carbonyl (C=O) groups is 1. The molecule has 6 nitrogen and oxygen atoms in total. The number of carboxylic acid groups (broad SMARTS) is 1. The van der Waals surface area contributed by atoms with E-state index >= 15 is 0 Å². The molecule has 132 valence electrons. The van der Waals surface area contributed by atoms with Crippen LogP contribution < -0.4 is 0 Å². The minimum atomic E-state index is -1.05. The van der Waals surface area contributed by atoms with Crippen molar-refractivity contribution in [1.82, 2.24) is 14.8 Å². The van der Waals surface area contributed by atoms with E-state index in [4.69, 9.17) is 9.84 Å². The molecule has 1 N–H and O–H groups in total. The first-order chi connectivity index (χ1) is 12.6. The van der Waals surface area contributed by atoms with Crippen molar-refractivity contribution in [2.45, 2.75) is 19.8 Å². The van der Waals surface area contributed by atoms with Crippen LogP contribution in [0.25, 0.3) is 22.1 Å². The molecule has 1 aliphatic heterocycles. The van der Waals surface area contributed by atoms with Gasteiger partial charge in [-0.3, -0.25) is 0 Å². The maximum absolute atomic E-state index is 11.2. The molecule has 2 aromatic heterocycles. The van der Waals surface area contributed by atoms with E-state index in [0.29, 0.717) is 11.7 Å². The van der Waals surface area contributed by atoms with Crippen LogP contribution in [0.15, 0.2) is 41.8 Å². The Morgan fingerprint density at radius 3 is 2.77 bits per heavy atom. The Kier molecular flexibility index (Phi) is 4.30. The van der Waals surface area contributed by atoms with Gasteiger partial charge in [0.2, 0.25) is 5.13 Å². The van der Waals surface area contributed by atoms with E-state index in [1.54, 1.807) is 4.68 Å². The van der Waals surface area contributed by atoms with Gasteiger partial charge >= 0.3 is 5.97 Å². The number of hydrogen-bond donors (Lipinski definition) is 1. The topological polar surface area (TPSA) is 77.2 Å². The van der Waals surface area contributed by atoms with Crippen LogP contribution in [-0.2, 0) is 4.74 Å². The van der Waals surface area contributed by atoms with Gasteiger partial charge in [0.15, 0.2) is 5.69 Å². The summed E-state index contributed by atoms with van der Waals surface area (Å²) in [6.45, 7) is 2.67. The molecule has 0 saturated carbocycles. The Morgan fingerprint density at radius 1 is 1.31 bits per heavy atom. The number of rotatable bonds is 4. The molecule has 7 heteroatoms. The number of benzene rings is 1. The third-order valence-corrected chi connectivity index (χ3v) is 5.05. The summed E-state index contributed by atoms with van der Waals surface area (Å²) < 4.78 is 7.57. The predicted octanol–water partition coefficient (Wildman–Crippen LogP) is 4.15. The summed E-state index contributed by atoms with van der Waals surface area (Å²) in [5.41, 5.74) is 3.66. The molecule has 3 aromatic rings. The van der Waals surface area contributed by atoms with Crippen LogP contribution in [-0.4, -0.2) is 32.4 Å². The smallest absolute Gasteiger partial charge is 0.355 e. The third kappa shape index (κ3) is 2.90. The summed E-state index contributed by atoms with van der Waals surface area (Å²) in [6.07, 6.45) is 3.99. The molecule has 1 aromatic carbocycles. The molecule has 0 unspecified atom stereocenters. The maximum atomic E-state index is 11.2. The predicted molar refractivity (Wildman–Crippen MR) is 99.5 cm³/mol. The third-order valence-electron chi connectivity index (χ3n) is 4.23. The van der Waals surface area contributed by atoms with E-state index in [0.717, 1.165) is 41.1 Å². The molecule has 0 aliphatic carbocycles. The summed E-state index contributed by atoms with van der Waals surface area (Å²) in [5.74, 6) is -0.273. The van der Waals surface area contributed by atoms with Crippen LogP contribution in [0.2, 0.25) is 0 Å². The lowest BCUT2D eigenvalue weighted by Gasteiger charge is -2.16. The zero-order chi connectivity index (χ0) is 18.1. The normalized spacial score (nSPS) is 14.0. The van der Waals surface area contributed by atoms with Crippen LogP contribution in [0, 0.1) is 6.92 Å². The first-order valence-electron chi connectivity index (χ1n) is 8.32. The van der Waals surface area contributed by atoms with Gasteiger partial charge in [-0.25, -0.2) is 14.5 Å². The average Bonchev–Trinajstić information content (AvgIpc) is 3.28. The zero-order valence-corrected chi connectivity index (χ0v) is 15.0. The molecular formula is C19H17N3O3S. The van der Waals surface area contributed by atoms with Gasteiger partial charge in [0.25, 0.3) is 0 Å². The van der Waals surface area contributed by atoms with Gasteiger partial charge in [0.1, 0.15) is 11.5 Å². The first-order valence-corrected chi connectivity index (χ1v) is 9.20. The second-order valence-corrected chi connectivity index (χ2v) is 6.82. The largest absolute Gasteiger partial charge is 0.492 e. The number of hydrogen-bond acceptors (Lipinski definition) is 5. The highest BCUT2D eigenvalue weighted by Crippen LogP contribution is 2.33. The number of carboxylic acids is 1. The second kappa shape index (κ2) is 6.76. The fourth-order valence-corrected chi connectivity index (χ4v) is 3.73. The van der Waals surface area contributed by atoms with Gasteiger partial charge in [-0.05, 0) is 25.8 Å². The van der Waals surface area contributed by atoms with Crippen molar-refractivity contribution in [3.8, 4) is 16.4 Å². The van der Waals surface area contributed by atoms with Gasteiger partial charge in [-0.2, -0.15) is 5.10 Å². The second-order valence-electron chi connectivity index (χ2n) is 5.98. The van der Waals surface area contributed by atoms with Crippen molar-refractivity contribution in [2.75, 3.05) is 6.61 Å². The summed E-state index contributed by atoms with van der Waals surface area (Å²) in [6, 6.07) is 9.91. The summed E-state index contributed by atoms with van der Waals surface area (Å²) in [5, 5.41) is 16.0. The molecule has 0 amide bonds. The molecule has 0 atom stereocenters. The van der Waals surface area contributed by atoms with Crippen LogP contribution in [0.3, 0.4) is 0 Å². The molecule has 0 saturated heterocycles.